The van der Waals surface area contributed by atoms with E-state index < -0.39 is 0 Å². The van der Waals surface area contributed by atoms with Crippen LogP contribution in [0.1, 0.15) is 56.2 Å². The van der Waals surface area contributed by atoms with Gasteiger partial charge < -0.3 is 0 Å². The predicted octanol–water partition coefficient (Wildman–Crippen LogP) is 4.70. The van der Waals surface area contributed by atoms with Crippen LogP contribution in [-0.4, -0.2) is 18.0 Å². The number of hydrogen-bond acceptors (Lipinski definition) is 1. The summed E-state index contributed by atoms with van der Waals surface area (Å²) in [6.45, 7) is 6.78. The molecule has 1 aromatic rings. The van der Waals surface area contributed by atoms with Gasteiger partial charge >= 0.3 is 0 Å². The Morgan fingerprint density at radius 1 is 1.26 bits per heavy atom. The Balaban J connectivity index is 0.00000133. The number of fused-ring (bicyclic) bond motifs is 5. The summed E-state index contributed by atoms with van der Waals surface area (Å²) in [7, 11) is 0. The third-order valence-corrected chi connectivity index (χ3v) is 4.48. The molecular weight excluding hydrogens is 254 g/mol. The number of halogens is 1. The Bertz CT molecular complexity index is 462. The minimum Gasteiger partial charge on any atom is -0.293 e. The van der Waals surface area contributed by atoms with E-state index in [0.29, 0.717) is 6.04 Å². The summed E-state index contributed by atoms with van der Waals surface area (Å²) in [5.74, 6) is 0.822. The van der Waals surface area contributed by atoms with Crippen LogP contribution in [0.15, 0.2) is 35.9 Å². The minimum atomic E-state index is 0. The van der Waals surface area contributed by atoms with E-state index in [9.17, 15) is 0 Å². The van der Waals surface area contributed by atoms with E-state index in [2.05, 4.69) is 49.1 Å². The van der Waals surface area contributed by atoms with Gasteiger partial charge in [0, 0.05) is 12.6 Å². The van der Waals surface area contributed by atoms with Crippen LogP contribution in [0.25, 0.3) is 0 Å². The second-order valence-electron chi connectivity index (χ2n) is 6.00. The van der Waals surface area contributed by atoms with Gasteiger partial charge in [0.2, 0.25) is 0 Å². The van der Waals surface area contributed by atoms with Crippen molar-refractivity contribution in [2.75, 3.05) is 13.1 Å². The van der Waals surface area contributed by atoms with Gasteiger partial charge in [0.1, 0.15) is 0 Å². The molecule has 1 aliphatic carbocycles. The van der Waals surface area contributed by atoms with Gasteiger partial charge in [0.25, 0.3) is 0 Å². The average Bonchev–Trinajstić information content (AvgIpc) is 2.58. The molecule has 3 rings (SSSR count). The van der Waals surface area contributed by atoms with Crippen molar-refractivity contribution in [1.29, 1.82) is 0 Å². The van der Waals surface area contributed by atoms with Gasteiger partial charge in [-0.2, -0.15) is 0 Å². The van der Waals surface area contributed by atoms with Crippen molar-refractivity contribution in [2.45, 2.75) is 45.1 Å². The molecule has 1 aromatic carbocycles. The Hall–Kier alpha value is -0.790. The van der Waals surface area contributed by atoms with Gasteiger partial charge in [-0.05, 0) is 56.7 Å². The lowest BCUT2D eigenvalue weighted by molar-refractivity contribution is 0.229. The highest BCUT2D eigenvalue weighted by molar-refractivity contribution is 5.85. The average molecular weight is 278 g/mol. The predicted molar refractivity (Wildman–Crippen MR) is 84.0 cm³/mol. The normalized spacial score (nSPS) is 25.2. The van der Waals surface area contributed by atoms with E-state index >= 15 is 0 Å². The molecule has 0 saturated carbocycles. The third kappa shape index (κ3) is 2.88. The maximum absolute atomic E-state index is 2.68. The quantitative estimate of drug-likeness (QED) is 0.709. The van der Waals surface area contributed by atoms with Crippen molar-refractivity contribution in [3.63, 3.8) is 0 Å². The first-order valence-electron chi connectivity index (χ1n) is 7.22. The van der Waals surface area contributed by atoms with Crippen molar-refractivity contribution < 1.29 is 0 Å². The van der Waals surface area contributed by atoms with Gasteiger partial charge in [-0.25, -0.2) is 0 Å². The molecule has 1 aliphatic heterocycles. The summed E-state index contributed by atoms with van der Waals surface area (Å²) in [5, 5.41) is 0. The second-order valence-corrected chi connectivity index (χ2v) is 6.00. The van der Waals surface area contributed by atoms with Crippen LogP contribution < -0.4 is 0 Å². The molecule has 1 fully saturated rings. The van der Waals surface area contributed by atoms with Crippen molar-refractivity contribution in [2.24, 2.45) is 0 Å². The first-order valence-corrected chi connectivity index (χ1v) is 7.22. The summed E-state index contributed by atoms with van der Waals surface area (Å²) in [6, 6.07) is 9.78. The topological polar surface area (TPSA) is 3.24 Å². The SMILES string of the molecule is CC(C)=CCN1CCCC2CC1c1ccccc12.Cl. The molecule has 0 spiro atoms. The zero-order valence-corrected chi connectivity index (χ0v) is 12.7. The first kappa shape index (κ1) is 14.6. The molecule has 0 amide bonds. The number of rotatable bonds is 2. The molecule has 104 valence electrons. The van der Waals surface area contributed by atoms with Crippen LogP contribution in [0.4, 0.5) is 0 Å². The Kier molecular flexibility index (Phi) is 4.70. The largest absolute Gasteiger partial charge is 0.293 e. The van der Waals surface area contributed by atoms with Crippen molar-refractivity contribution in [1.82, 2.24) is 4.90 Å². The molecule has 2 unspecified atom stereocenters. The first-order chi connectivity index (χ1) is 8.75. The molecular formula is C17H24ClN. The fourth-order valence-corrected chi connectivity index (χ4v) is 3.54. The molecule has 2 heteroatoms. The number of benzene rings is 1. The molecule has 0 radical (unpaired) electrons. The van der Waals surface area contributed by atoms with Gasteiger partial charge in [-0.15, -0.1) is 12.4 Å². The molecule has 2 aliphatic rings. The standard InChI is InChI=1S/C17H23N.ClH/c1-13(2)9-11-18-10-5-6-14-12-17(18)16-8-4-3-7-15(14)16;/h3-4,7-9,14,17H,5-6,10-12H2,1-2H3;1H. The number of allylic oxidation sites excluding steroid dienone is 1. The van der Waals surface area contributed by atoms with E-state index in [0.717, 1.165) is 12.5 Å². The minimum absolute atomic E-state index is 0. The van der Waals surface area contributed by atoms with Crippen LogP contribution in [0.2, 0.25) is 0 Å². The summed E-state index contributed by atoms with van der Waals surface area (Å²) in [6.07, 6.45) is 6.45. The van der Waals surface area contributed by atoms with Crippen LogP contribution in [0.3, 0.4) is 0 Å². The van der Waals surface area contributed by atoms with E-state index in [1.807, 2.05) is 0 Å². The summed E-state index contributed by atoms with van der Waals surface area (Å²) in [4.78, 5) is 2.68. The lowest BCUT2D eigenvalue weighted by atomic mass is 9.96. The molecule has 2 bridgehead atoms. The number of nitrogens with zero attached hydrogens (tertiary/aromatic N) is 1. The summed E-state index contributed by atoms with van der Waals surface area (Å²) >= 11 is 0. The van der Waals surface area contributed by atoms with Crippen molar-refractivity contribution in [3.8, 4) is 0 Å². The molecule has 2 atom stereocenters. The van der Waals surface area contributed by atoms with Gasteiger partial charge in [-0.1, -0.05) is 35.9 Å². The highest BCUT2D eigenvalue weighted by Crippen LogP contribution is 2.47. The molecule has 1 nitrogen and oxygen atoms in total. The lowest BCUT2D eigenvalue weighted by Gasteiger charge is -2.28. The summed E-state index contributed by atoms with van der Waals surface area (Å²) < 4.78 is 0. The molecule has 19 heavy (non-hydrogen) atoms. The van der Waals surface area contributed by atoms with E-state index in [1.165, 1.54) is 31.4 Å². The smallest absolute Gasteiger partial charge is 0.0360 e. The Morgan fingerprint density at radius 2 is 2.00 bits per heavy atom. The Labute approximate surface area is 123 Å². The highest BCUT2D eigenvalue weighted by atomic mass is 35.5. The fourth-order valence-electron chi connectivity index (χ4n) is 3.54. The van der Waals surface area contributed by atoms with Gasteiger partial charge in [0.05, 0.1) is 0 Å². The van der Waals surface area contributed by atoms with Gasteiger partial charge in [-0.3, -0.25) is 4.90 Å². The molecule has 0 aromatic heterocycles. The zero-order valence-electron chi connectivity index (χ0n) is 11.9. The molecule has 1 heterocycles. The van der Waals surface area contributed by atoms with Crippen LogP contribution >= 0.6 is 12.4 Å². The van der Waals surface area contributed by atoms with Crippen LogP contribution in [0.5, 0.6) is 0 Å². The van der Waals surface area contributed by atoms with Crippen molar-refractivity contribution >= 4 is 12.4 Å². The van der Waals surface area contributed by atoms with Gasteiger partial charge in [0.15, 0.2) is 0 Å². The van der Waals surface area contributed by atoms with Crippen LogP contribution in [0, 0.1) is 0 Å². The monoisotopic (exact) mass is 277 g/mol. The highest BCUT2D eigenvalue weighted by Gasteiger charge is 2.35. The maximum atomic E-state index is 2.68. The molecule has 0 N–H and O–H groups in total. The van der Waals surface area contributed by atoms with Crippen LogP contribution in [-0.2, 0) is 0 Å². The number of likely N-dealkylation sites (tertiary alicyclic amines) is 1. The fraction of sp³-hybridized carbons (Fsp3) is 0.529. The third-order valence-electron chi connectivity index (χ3n) is 4.48. The van der Waals surface area contributed by atoms with E-state index in [-0.39, 0.29) is 12.4 Å². The molecule has 1 saturated heterocycles. The van der Waals surface area contributed by atoms with Crippen molar-refractivity contribution in [3.05, 3.63) is 47.0 Å². The second kappa shape index (κ2) is 6.11. The maximum Gasteiger partial charge on any atom is 0.0360 e. The Morgan fingerprint density at radius 3 is 2.74 bits per heavy atom. The number of hydrogen-bond donors (Lipinski definition) is 0. The summed E-state index contributed by atoms with van der Waals surface area (Å²) in [5.41, 5.74) is 4.66. The zero-order chi connectivity index (χ0) is 12.5. The van der Waals surface area contributed by atoms with E-state index in [4.69, 9.17) is 0 Å². The lowest BCUT2D eigenvalue weighted by Crippen LogP contribution is -2.28. The van der Waals surface area contributed by atoms with E-state index in [1.54, 1.807) is 11.1 Å².